The van der Waals surface area contributed by atoms with E-state index < -0.39 is 0 Å². The average molecular weight is 292 g/mol. The average Bonchev–Trinajstić information content (AvgIpc) is 2.51. The van der Waals surface area contributed by atoms with Crippen molar-refractivity contribution in [1.82, 2.24) is 5.43 Å². The lowest BCUT2D eigenvalue weighted by Gasteiger charge is -2.33. The molecule has 1 aliphatic rings. The smallest absolute Gasteiger partial charge is 0.0488 e. The fourth-order valence-electron chi connectivity index (χ4n) is 3.37. The maximum absolute atomic E-state index is 5.84. The third kappa shape index (κ3) is 4.00. The van der Waals surface area contributed by atoms with E-state index in [0.29, 0.717) is 12.0 Å². The normalized spacial score (nSPS) is 24.6. The molecule has 1 saturated carbocycles. The van der Waals surface area contributed by atoms with Crippen LogP contribution in [-0.2, 0) is 0 Å². The predicted octanol–water partition coefficient (Wildman–Crippen LogP) is 4.52. The molecule has 1 unspecified atom stereocenters. The molecule has 1 atom stereocenters. The van der Waals surface area contributed by atoms with Gasteiger partial charge in [-0.15, -0.1) is 11.8 Å². The Labute approximate surface area is 127 Å². The van der Waals surface area contributed by atoms with E-state index in [2.05, 4.69) is 43.5 Å². The fourth-order valence-corrected chi connectivity index (χ4v) is 4.03. The minimum absolute atomic E-state index is 0.313. The second kappa shape index (κ2) is 8.06. The van der Waals surface area contributed by atoms with Gasteiger partial charge in [0.1, 0.15) is 0 Å². The highest BCUT2D eigenvalue weighted by atomic mass is 32.2. The number of nitrogens with one attached hydrogen (secondary N) is 1. The topological polar surface area (TPSA) is 38.0 Å². The van der Waals surface area contributed by atoms with Crippen LogP contribution in [0.15, 0.2) is 29.2 Å². The summed E-state index contributed by atoms with van der Waals surface area (Å²) in [5.74, 6) is 8.59. The van der Waals surface area contributed by atoms with Crippen LogP contribution in [-0.4, -0.2) is 5.75 Å². The van der Waals surface area contributed by atoms with Crippen LogP contribution in [0.5, 0.6) is 0 Å². The van der Waals surface area contributed by atoms with Crippen LogP contribution in [0.25, 0.3) is 0 Å². The molecule has 0 bridgehead atoms. The van der Waals surface area contributed by atoms with E-state index >= 15 is 0 Å². The molecule has 20 heavy (non-hydrogen) atoms. The minimum Gasteiger partial charge on any atom is -0.271 e. The highest BCUT2D eigenvalue weighted by Gasteiger charge is 2.27. The Morgan fingerprint density at radius 1 is 1.15 bits per heavy atom. The highest BCUT2D eigenvalue weighted by molar-refractivity contribution is 7.99. The standard InChI is InChI=1S/C17H28N2S/c1-3-13-5-7-14(8-6-13)17(19-18)15-9-11-16(12-10-15)20-4-2/h9-14,17,19H,3-8,18H2,1-2H3. The molecule has 1 aromatic carbocycles. The van der Waals surface area contributed by atoms with Crippen molar-refractivity contribution in [2.45, 2.75) is 56.9 Å². The Morgan fingerprint density at radius 2 is 1.80 bits per heavy atom. The van der Waals surface area contributed by atoms with Crippen LogP contribution in [0.4, 0.5) is 0 Å². The van der Waals surface area contributed by atoms with Crippen LogP contribution < -0.4 is 11.3 Å². The first-order valence-electron chi connectivity index (χ1n) is 7.97. The first-order chi connectivity index (χ1) is 9.78. The fraction of sp³-hybridized carbons (Fsp3) is 0.647. The maximum Gasteiger partial charge on any atom is 0.0488 e. The highest BCUT2D eigenvalue weighted by Crippen LogP contribution is 2.37. The van der Waals surface area contributed by atoms with E-state index in [1.807, 2.05) is 11.8 Å². The van der Waals surface area contributed by atoms with E-state index in [1.54, 1.807) is 0 Å². The Bertz CT molecular complexity index is 382. The lowest BCUT2D eigenvalue weighted by atomic mass is 9.76. The van der Waals surface area contributed by atoms with Gasteiger partial charge < -0.3 is 0 Å². The van der Waals surface area contributed by atoms with E-state index in [9.17, 15) is 0 Å². The van der Waals surface area contributed by atoms with Crippen LogP contribution in [0.1, 0.15) is 57.6 Å². The third-order valence-corrected chi connectivity index (χ3v) is 5.56. The van der Waals surface area contributed by atoms with Gasteiger partial charge in [0, 0.05) is 10.9 Å². The predicted molar refractivity (Wildman–Crippen MR) is 88.6 cm³/mol. The van der Waals surface area contributed by atoms with Gasteiger partial charge in [-0.05, 0) is 48.1 Å². The zero-order chi connectivity index (χ0) is 14.4. The largest absolute Gasteiger partial charge is 0.271 e. The molecular weight excluding hydrogens is 264 g/mol. The van der Waals surface area contributed by atoms with Crippen molar-refractivity contribution in [3.63, 3.8) is 0 Å². The Morgan fingerprint density at radius 3 is 2.30 bits per heavy atom. The first kappa shape index (κ1) is 15.9. The van der Waals surface area contributed by atoms with Gasteiger partial charge in [0.05, 0.1) is 0 Å². The van der Waals surface area contributed by atoms with Crippen molar-refractivity contribution in [2.75, 3.05) is 5.75 Å². The summed E-state index contributed by atoms with van der Waals surface area (Å²) in [4.78, 5) is 1.35. The summed E-state index contributed by atoms with van der Waals surface area (Å²) < 4.78 is 0. The first-order valence-corrected chi connectivity index (χ1v) is 8.95. The van der Waals surface area contributed by atoms with Crippen molar-refractivity contribution in [3.8, 4) is 0 Å². The number of nitrogens with two attached hydrogens (primary N) is 1. The van der Waals surface area contributed by atoms with Gasteiger partial charge in [0.25, 0.3) is 0 Å². The summed E-state index contributed by atoms with van der Waals surface area (Å²) in [6.07, 6.45) is 6.67. The van der Waals surface area contributed by atoms with E-state index in [0.717, 1.165) is 11.7 Å². The van der Waals surface area contributed by atoms with Gasteiger partial charge in [-0.1, -0.05) is 45.2 Å². The second-order valence-corrected chi connectivity index (χ2v) is 7.17. The summed E-state index contributed by atoms with van der Waals surface area (Å²) in [5, 5.41) is 0. The molecule has 3 N–H and O–H groups in total. The van der Waals surface area contributed by atoms with Crippen molar-refractivity contribution in [3.05, 3.63) is 29.8 Å². The molecule has 0 radical (unpaired) electrons. The summed E-state index contributed by atoms with van der Waals surface area (Å²) in [6.45, 7) is 4.50. The summed E-state index contributed by atoms with van der Waals surface area (Å²) in [5.41, 5.74) is 4.41. The van der Waals surface area contributed by atoms with Gasteiger partial charge in [-0.25, -0.2) is 0 Å². The summed E-state index contributed by atoms with van der Waals surface area (Å²) >= 11 is 1.89. The van der Waals surface area contributed by atoms with Crippen molar-refractivity contribution in [1.29, 1.82) is 0 Å². The third-order valence-electron chi connectivity index (χ3n) is 4.67. The van der Waals surface area contributed by atoms with Crippen molar-refractivity contribution < 1.29 is 0 Å². The molecule has 112 valence electrons. The number of hydrogen-bond acceptors (Lipinski definition) is 3. The molecule has 0 amide bonds. The number of hydrogen-bond donors (Lipinski definition) is 2. The zero-order valence-electron chi connectivity index (χ0n) is 12.8. The summed E-state index contributed by atoms with van der Waals surface area (Å²) in [7, 11) is 0. The lowest BCUT2D eigenvalue weighted by Crippen LogP contribution is -2.35. The SMILES string of the molecule is CCSc1ccc(C(NN)C2CCC(CC)CC2)cc1. The molecule has 2 nitrogen and oxygen atoms in total. The quantitative estimate of drug-likeness (QED) is 0.460. The monoisotopic (exact) mass is 292 g/mol. The van der Waals surface area contributed by atoms with Crippen LogP contribution in [0.3, 0.4) is 0 Å². The summed E-state index contributed by atoms with van der Waals surface area (Å²) in [6, 6.07) is 9.26. The van der Waals surface area contributed by atoms with E-state index in [4.69, 9.17) is 5.84 Å². The van der Waals surface area contributed by atoms with Crippen LogP contribution in [0.2, 0.25) is 0 Å². The van der Waals surface area contributed by atoms with Gasteiger partial charge in [0.2, 0.25) is 0 Å². The molecule has 0 saturated heterocycles. The second-order valence-electron chi connectivity index (χ2n) is 5.84. The molecule has 0 heterocycles. The Balaban J connectivity index is 2.00. The van der Waals surface area contributed by atoms with Crippen LogP contribution in [0, 0.1) is 11.8 Å². The molecule has 1 fully saturated rings. The van der Waals surface area contributed by atoms with Gasteiger partial charge in [-0.3, -0.25) is 11.3 Å². The number of thioether (sulfide) groups is 1. The number of benzene rings is 1. The molecule has 0 aromatic heterocycles. The molecule has 1 aliphatic carbocycles. The zero-order valence-corrected chi connectivity index (χ0v) is 13.6. The van der Waals surface area contributed by atoms with E-state index in [-0.39, 0.29) is 0 Å². The number of rotatable bonds is 6. The van der Waals surface area contributed by atoms with Crippen molar-refractivity contribution >= 4 is 11.8 Å². The maximum atomic E-state index is 5.84. The van der Waals surface area contributed by atoms with Crippen LogP contribution >= 0.6 is 11.8 Å². The molecule has 3 heteroatoms. The van der Waals surface area contributed by atoms with Gasteiger partial charge >= 0.3 is 0 Å². The molecule has 0 aliphatic heterocycles. The minimum atomic E-state index is 0.313. The molecule has 1 aromatic rings. The Hall–Kier alpha value is -0.510. The van der Waals surface area contributed by atoms with E-state index in [1.165, 1.54) is 42.6 Å². The van der Waals surface area contributed by atoms with Gasteiger partial charge in [-0.2, -0.15) is 0 Å². The molecule has 2 rings (SSSR count). The van der Waals surface area contributed by atoms with Crippen molar-refractivity contribution in [2.24, 2.45) is 17.7 Å². The lowest BCUT2D eigenvalue weighted by molar-refractivity contribution is 0.219. The molecule has 0 spiro atoms. The Kier molecular flexibility index (Phi) is 6.40. The molecular formula is C17H28N2S. The number of hydrazine groups is 1. The van der Waals surface area contributed by atoms with Gasteiger partial charge in [0.15, 0.2) is 0 Å².